The highest BCUT2D eigenvalue weighted by Gasteiger charge is 2.31. The van der Waals surface area contributed by atoms with Gasteiger partial charge in [0.25, 0.3) is 0 Å². The van der Waals surface area contributed by atoms with Gasteiger partial charge in [-0.2, -0.15) is 5.26 Å². The molecule has 0 N–H and O–H groups in total. The van der Waals surface area contributed by atoms with Crippen molar-refractivity contribution in [2.24, 2.45) is 5.41 Å². The Morgan fingerprint density at radius 3 is 2.50 bits per heavy atom. The van der Waals surface area contributed by atoms with Crippen molar-refractivity contribution < 1.29 is 0 Å². The summed E-state index contributed by atoms with van der Waals surface area (Å²) in [4.78, 5) is 2.60. The molecular formula is C14H26N2. The van der Waals surface area contributed by atoms with Crippen LogP contribution in [-0.4, -0.2) is 23.5 Å². The van der Waals surface area contributed by atoms with Crippen LogP contribution < -0.4 is 0 Å². The van der Waals surface area contributed by atoms with Crippen LogP contribution in [0.1, 0.15) is 59.8 Å². The fourth-order valence-corrected chi connectivity index (χ4v) is 2.50. The molecule has 0 aromatic heterocycles. The third-order valence-corrected chi connectivity index (χ3v) is 3.86. The summed E-state index contributed by atoms with van der Waals surface area (Å²) in [7, 11) is 0. The maximum absolute atomic E-state index is 8.93. The SMILES string of the molecule is CC(C)(C#N)CCCCN1CCCC1(C)C. The molecule has 1 aliphatic rings. The van der Waals surface area contributed by atoms with Gasteiger partial charge in [0.2, 0.25) is 0 Å². The normalized spacial score (nSPS) is 20.9. The Hall–Kier alpha value is -0.550. The minimum Gasteiger partial charge on any atom is -0.298 e. The molecule has 0 spiro atoms. The van der Waals surface area contributed by atoms with E-state index < -0.39 is 0 Å². The summed E-state index contributed by atoms with van der Waals surface area (Å²) in [6.07, 6.45) is 6.10. The van der Waals surface area contributed by atoms with Crippen LogP contribution in [0.25, 0.3) is 0 Å². The number of rotatable bonds is 5. The topological polar surface area (TPSA) is 27.0 Å². The summed E-state index contributed by atoms with van der Waals surface area (Å²) in [5, 5.41) is 8.93. The van der Waals surface area contributed by atoms with Crippen LogP contribution in [0, 0.1) is 16.7 Å². The summed E-state index contributed by atoms with van der Waals surface area (Å²) in [6, 6.07) is 2.37. The number of hydrogen-bond acceptors (Lipinski definition) is 2. The Morgan fingerprint density at radius 2 is 2.00 bits per heavy atom. The number of nitrogens with zero attached hydrogens (tertiary/aromatic N) is 2. The molecule has 1 rings (SSSR count). The lowest BCUT2D eigenvalue weighted by Gasteiger charge is -2.31. The third-order valence-electron chi connectivity index (χ3n) is 3.86. The summed E-state index contributed by atoms with van der Waals surface area (Å²) >= 11 is 0. The van der Waals surface area contributed by atoms with Crippen LogP contribution in [0.3, 0.4) is 0 Å². The van der Waals surface area contributed by atoms with E-state index in [0.717, 1.165) is 6.42 Å². The van der Waals surface area contributed by atoms with Gasteiger partial charge in [-0.1, -0.05) is 6.42 Å². The second-order valence-corrected chi connectivity index (χ2v) is 6.36. The number of unbranched alkanes of at least 4 members (excludes halogenated alkanes) is 1. The van der Waals surface area contributed by atoms with Crippen molar-refractivity contribution in [3.8, 4) is 6.07 Å². The third kappa shape index (κ3) is 3.79. The molecule has 0 saturated carbocycles. The molecule has 0 unspecified atom stereocenters. The van der Waals surface area contributed by atoms with Crippen molar-refractivity contribution in [2.75, 3.05) is 13.1 Å². The second kappa shape index (κ2) is 5.19. The first-order chi connectivity index (χ1) is 7.37. The molecule has 1 saturated heterocycles. The molecule has 0 aromatic carbocycles. The van der Waals surface area contributed by atoms with Crippen molar-refractivity contribution in [2.45, 2.75) is 65.3 Å². The zero-order valence-electron chi connectivity index (χ0n) is 11.3. The highest BCUT2D eigenvalue weighted by molar-refractivity contribution is 4.91. The predicted octanol–water partition coefficient (Wildman–Crippen LogP) is 3.58. The van der Waals surface area contributed by atoms with Gasteiger partial charge in [0.1, 0.15) is 0 Å². The van der Waals surface area contributed by atoms with Crippen molar-refractivity contribution >= 4 is 0 Å². The number of likely N-dealkylation sites (tertiary alicyclic amines) is 1. The number of hydrogen-bond donors (Lipinski definition) is 0. The lowest BCUT2D eigenvalue weighted by molar-refractivity contribution is 0.170. The first-order valence-electron chi connectivity index (χ1n) is 6.54. The zero-order valence-corrected chi connectivity index (χ0v) is 11.3. The predicted molar refractivity (Wildman–Crippen MR) is 68.1 cm³/mol. The van der Waals surface area contributed by atoms with E-state index in [-0.39, 0.29) is 5.41 Å². The van der Waals surface area contributed by atoms with E-state index in [2.05, 4.69) is 24.8 Å². The first-order valence-corrected chi connectivity index (χ1v) is 6.54. The molecular weight excluding hydrogens is 196 g/mol. The molecule has 2 nitrogen and oxygen atoms in total. The quantitative estimate of drug-likeness (QED) is 0.665. The molecule has 0 radical (unpaired) electrons. The van der Waals surface area contributed by atoms with Gasteiger partial charge in [-0.15, -0.1) is 0 Å². The second-order valence-electron chi connectivity index (χ2n) is 6.36. The molecule has 0 amide bonds. The lowest BCUT2D eigenvalue weighted by Crippen LogP contribution is -2.38. The fraction of sp³-hybridized carbons (Fsp3) is 0.929. The minimum atomic E-state index is -0.138. The van der Waals surface area contributed by atoms with E-state index in [1.165, 1.54) is 38.8 Å². The van der Waals surface area contributed by atoms with Crippen molar-refractivity contribution in [3.63, 3.8) is 0 Å². The van der Waals surface area contributed by atoms with E-state index in [0.29, 0.717) is 5.54 Å². The largest absolute Gasteiger partial charge is 0.298 e. The van der Waals surface area contributed by atoms with Crippen LogP contribution >= 0.6 is 0 Å². The lowest BCUT2D eigenvalue weighted by atomic mass is 9.89. The van der Waals surface area contributed by atoms with E-state index in [1.807, 2.05) is 13.8 Å². The van der Waals surface area contributed by atoms with Crippen LogP contribution in [0.5, 0.6) is 0 Å². The molecule has 1 aliphatic heterocycles. The first kappa shape index (κ1) is 13.5. The Bertz CT molecular complexity index is 260. The standard InChI is InChI=1S/C14H26N2/c1-13(2,12-15)8-5-6-10-16-11-7-9-14(16,3)4/h5-11H2,1-4H3. The van der Waals surface area contributed by atoms with Gasteiger partial charge in [0, 0.05) is 5.54 Å². The Labute approximate surface area is 101 Å². The van der Waals surface area contributed by atoms with E-state index >= 15 is 0 Å². The van der Waals surface area contributed by atoms with E-state index in [4.69, 9.17) is 5.26 Å². The monoisotopic (exact) mass is 222 g/mol. The Morgan fingerprint density at radius 1 is 1.31 bits per heavy atom. The molecule has 16 heavy (non-hydrogen) atoms. The van der Waals surface area contributed by atoms with Crippen LogP contribution in [0.15, 0.2) is 0 Å². The van der Waals surface area contributed by atoms with Gasteiger partial charge in [0.05, 0.1) is 11.5 Å². The smallest absolute Gasteiger partial charge is 0.0683 e. The average Bonchev–Trinajstić information content (AvgIpc) is 2.53. The summed E-state index contributed by atoms with van der Waals surface area (Å²) in [5.41, 5.74) is 0.269. The minimum absolute atomic E-state index is 0.138. The average molecular weight is 222 g/mol. The summed E-state index contributed by atoms with van der Waals surface area (Å²) in [5.74, 6) is 0. The van der Waals surface area contributed by atoms with Gasteiger partial charge in [-0.3, -0.25) is 4.90 Å². The molecule has 2 heteroatoms. The molecule has 0 aromatic rings. The van der Waals surface area contributed by atoms with Crippen LogP contribution in [-0.2, 0) is 0 Å². The summed E-state index contributed by atoms with van der Waals surface area (Å²) < 4.78 is 0. The van der Waals surface area contributed by atoms with Crippen molar-refractivity contribution in [3.05, 3.63) is 0 Å². The van der Waals surface area contributed by atoms with Crippen molar-refractivity contribution in [1.82, 2.24) is 4.90 Å². The highest BCUT2D eigenvalue weighted by atomic mass is 15.2. The fourth-order valence-electron chi connectivity index (χ4n) is 2.50. The number of nitriles is 1. The molecule has 1 fully saturated rings. The molecule has 92 valence electrons. The molecule has 0 bridgehead atoms. The maximum Gasteiger partial charge on any atom is 0.0683 e. The maximum atomic E-state index is 8.93. The molecule has 0 aliphatic carbocycles. The van der Waals surface area contributed by atoms with Gasteiger partial charge < -0.3 is 0 Å². The van der Waals surface area contributed by atoms with E-state index in [9.17, 15) is 0 Å². The van der Waals surface area contributed by atoms with Gasteiger partial charge in [-0.05, 0) is 66.5 Å². The molecule has 0 atom stereocenters. The highest BCUT2D eigenvalue weighted by Crippen LogP contribution is 2.29. The zero-order chi connectivity index (χ0) is 12.2. The Kier molecular flexibility index (Phi) is 4.38. The Balaban J connectivity index is 2.20. The van der Waals surface area contributed by atoms with Gasteiger partial charge in [0.15, 0.2) is 0 Å². The van der Waals surface area contributed by atoms with Crippen LogP contribution in [0.4, 0.5) is 0 Å². The van der Waals surface area contributed by atoms with Crippen molar-refractivity contribution in [1.29, 1.82) is 5.26 Å². The van der Waals surface area contributed by atoms with Gasteiger partial charge >= 0.3 is 0 Å². The molecule has 1 heterocycles. The van der Waals surface area contributed by atoms with E-state index in [1.54, 1.807) is 0 Å². The van der Waals surface area contributed by atoms with Crippen LogP contribution in [0.2, 0.25) is 0 Å². The van der Waals surface area contributed by atoms with Gasteiger partial charge in [-0.25, -0.2) is 0 Å². The summed E-state index contributed by atoms with van der Waals surface area (Å²) in [6.45, 7) is 11.2.